The van der Waals surface area contributed by atoms with Gasteiger partial charge in [-0.2, -0.15) is 11.8 Å². The summed E-state index contributed by atoms with van der Waals surface area (Å²) in [5, 5.41) is 10.7. The van der Waals surface area contributed by atoms with Crippen LogP contribution in [0.1, 0.15) is 24.5 Å². The second kappa shape index (κ2) is 6.28. The molecule has 1 heterocycles. The smallest absolute Gasteiger partial charge is 0.0880 e. The maximum absolute atomic E-state index is 10.00. The molecular formula is C13H18O2S. The Kier molecular flexibility index (Phi) is 4.69. The SMILES string of the molecule is OC(CSC1CCOCC1)c1ccccc1. The molecule has 16 heavy (non-hydrogen) atoms. The monoisotopic (exact) mass is 238 g/mol. The number of hydrogen-bond donors (Lipinski definition) is 1. The summed E-state index contributed by atoms with van der Waals surface area (Å²) in [5.41, 5.74) is 1.02. The Morgan fingerprint density at radius 1 is 1.25 bits per heavy atom. The van der Waals surface area contributed by atoms with Crippen molar-refractivity contribution in [2.75, 3.05) is 19.0 Å². The fraction of sp³-hybridized carbons (Fsp3) is 0.538. The van der Waals surface area contributed by atoms with Crippen molar-refractivity contribution in [3.63, 3.8) is 0 Å². The van der Waals surface area contributed by atoms with Gasteiger partial charge in [-0.1, -0.05) is 30.3 Å². The van der Waals surface area contributed by atoms with Gasteiger partial charge >= 0.3 is 0 Å². The van der Waals surface area contributed by atoms with E-state index in [4.69, 9.17) is 4.74 Å². The first kappa shape index (κ1) is 12.0. The number of aliphatic hydroxyl groups excluding tert-OH is 1. The zero-order valence-corrected chi connectivity index (χ0v) is 10.2. The summed E-state index contributed by atoms with van der Waals surface area (Å²) in [7, 11) is 0. The van der Waals surface area contributed by atoms with Crippen molar-refractivity contribution in [1.82, 2.24) is 0 Å². The van der Waals surface area contributed by atoms with Gasteiger partial charge in [0.15, 0.2) is 0 Å². The van der Waals surface area contributed by atoms with Gasteiger partial charge < -0.3 is 9.84 Å². The topological polar surface area (TPSA) is 29.5 Å². The van der Waals surface area contributed by atoms with Gasteiger partial charge in [0, 0.05) is 24.2 Å². The molecule has 1 unspecified atom stereocenters. The third-order valence-electron chi connectivity index (χ3n) is 2.84. The van der Waals surface area contributed by atoms with Crippen molar-refractivity contribution in [3.8, 4) is 0 Å². The van der Waals surface area contributed by atoms with Crippen LogP contribution in [-0.2, 0) is 4.74 Å². The molecule has 0 saturated carbocycles. The molecule has 1 fully saturated rings. The summed E-state index contributed by atoms with van der Waals surface area (Å²) in [6, 6.07) is 9.88. The highest BCUT2D eigenvalue weighted by molar-refractivity contribution is 7.99. The van der Waals surface area contributed by atoms with E-state index in [9.17, 15) is 5.11 Å². The molecule has 1 saturated heterocycles. The highest BCUT2D eigenvalue weighted by atomic mass is 32.2. The third kappa shape index (κ3) is 3.51. The van der Waals surface area contributed by atoms with Crippen LogP contribution in [0.2, 0.25) is 0 Å². The summed E-state index contributed by atoms with van der Waals surface area (Å²) in [4.78, 5) is 0. The van der Waals surface area contributed by atoms with Crippen LogP contribution in [0.25, 0.3) is 0 Å². The van der Waals surface area contributed by atoms with Gasteiger partial charge in [-0.05, 0) is 18.4 Å². The lowest BCUT2D eigenvalue weighted by molar-refractivity contribution is 0.0998. The van der Waals surface area contributed by atoms with Crippen LogP contribution in [-0.4, -0.2) is 29.3 Å². The third-order valence-corrected chi connectivity index (χ3v) is 4.29. The number of thioether (sulfide) groups is 1. The molecule has 2 rings (SSSR count). The van der Waals surface area contributed by atoms with Crippen LogP contribution in [0.3, 0.4) is 0 Å². The summed E-state index contributed by atoms with van der Waals surface area (Å²) >= 11 is 1.87. The van der Waals surface area contributed by atoms with Crippen molar-refractivity contribution in [1.29, 1.82) is 0 Å². The number of aliphatic hydroxyl groups is 1. The quantitative estimate of drug-likeness (QED) is 0.874. The molecule has 0 bridgehead atoms. The maximum atomic E-state index is 10.00. The number of hydrogen-bond acceptors (Lipinski definition) is 3. The zero-order valence-electron chi connectivity index (χ0n) is 9.34. The molecule has 0 aromatic heterocycles. The minimum atomic E-state index is -0.339. The molecule has 0 spiro atoms. The van der Waals surface area contributed by atoms with E-state index in [1.807, 2.05) is 42.1 Å². The lowest BCUT2D eigenvalue weighted by Gasteiger charge is -2.22. The standard InChI is InChI=1S/C13H18O2S/c14-13(11-4-2-1-3-5-11)10-16-12-6-8-15-9-7-12/h1-5,12-14H,6-10H2. The van der Waals surface area contributed by atoms with Gasteiger partial charge in [-0.25, -0.2) is 0 Å². The second-order valence-electron chi connectivity index (χ2n) is 4.07. The minimum Gasteiger partial charge on any atom is -0.388 e. The first-order chi connectivity index (χ1) is 7.86. The Hall–Kier alpha value is -0.510. The molecule has 0 amide bonds. The van der Waals surface area contributed by atoms with E-state index in [1.165, 1.54) is 0 Å². The van der Waals surface area contributed by atoms with E-state index in [0.29, 0.717) is 5.25 Å². The summed E-state index contributed by atoms with van der Waals surface area (Å²) in [6.45, 7) is 1.75. The fourth-order valence-corrected chi connectivity index (χ4v) is 3.01. The Labute approximate surface area is 101 Å². The van der Waals surface area contributed by atoms with Crippen LogP contribution in [0.15, 0.2) is 30.3 Å². The molecule has 1 aromatic carbocycles. The Bertz CT molecular complexity index is 296. The average molecular weight is 238 g/mol. The first-order valence-corrected chi connectivity index (χ1v) is 6.83. The zero-order chi connectivity index (χ0) is 11.2. The summed E-state index contributed by atoms with van der Waals surface area (Å²) in [5.74, 6) is 0.786. The van der Waals surface area contributed by atoms with Gasteiger partial charge in [0.05, 0.1) is 6.10 Å². The van der Waals surface area contributed by atoms with Crippen LogP contribution in [0.5, 0.6) is 0 Å². The second-order valence-corrected chi connectivity index (χ2v) is 5.40. The summed E-state index contributed by atoms with van der Waals surface area (Å²) in [6.07, 6.45) is 1.90. The van der Waals surface area contributed by atoms with Crippen molar-refractivity contribution in [2.24, 2.45) is 0 Å². The molecule has 1 aromatic rings. The van der Waals surface area contributed by atoms with Gasteiger partial charge in [0.1, 0.15) is 0 Å². The van der Waals surface area contributed by atoms with Crippen molar-refractivity contribution in [2.45, 2.75) is 24.2 Å². The normalized spacial score (nSPS) is 19.6. The predicted molar refractivity (Wildman–Crippen MR) is 67.7 cm³/mol. The van der Waals surface area contributed by atoms with Crippen LogP contribution in [0, 0.1) is 0 Å². The van der Waals surface area contributed by atoms with Gasteiger partial charge in [0.25, 0.3) is 0 Å². The number of rotatable bonds is 4. The van der Waals surface area contributed by atoms with E-state index < -0.39 is 0 Å². The molecule has 1 atom stereocenters. The van der Waals surface area contributed by atoms with Crippen LogP contribution in [0.4, 0.5) is 0 Å². The molecular weight excluding hydrogens is 220 g/mol. The largest absolute Gasteiger partial charge is 0.388 e. The highest BCUT2D eigenvalue weighted by Gasteiger charge is 2.16. The van der Waals surface area contributed by atoms with Gasteiger partial charge in [-0.15, -0.1) is 0 Å². The molecule has 0 radical (unpaired) electrons. The highest BCUT2D eigenvalue weighted by Crippen LogP contribution is 2.26. The number of benzene rings is 1. The lowest BCUT2D eigenvalue weighted by atomic mass is 10.1. The number of ether oxygens (including phenoxy) is 1. The maximum Gasteiger partial charge on any atom is 0.0880 e. The van der Waals surface area contributed by atoms with Crippen molar-refractivity contribution < 1.29 is 9.84 Å². The summed E-state index contributed by atoms with van der Waals surface area (Å²) < 4.78 is 5.32. The van der Waals surface area contributed by atoms with E-state index in [1.54, 1.807) is 0 Å². The molecule has 1 aliphatic heterocycles. The molecule has 88 valence electrons. The van der Waals surface area contributed by atoms with Gasteiger partial charge in [0.2, 0.25) is 0 Å². The van der Waals surface area contributed by atoms with Crippen molar-refractivity contribution >= 4 is 11.8 Å². The van der Waals surface area contributed by atoms with Crippen LogP contribution >= 0.6 is 11.8 Å². The van der Waals surface area contributed by atoms with Gasteiger partial charge in [-0.3, -0.25) is 0 Å². The molecule has 0 aliphatic carbocycles. The molecule has 3 heteroatoms. The fourth-order valence-electron chi connectivity index (χ4n) is 1.84. The molecule has 1 N–H and O–H groups in total. The van der Waals surface area contributed by atoms with E-state index in [0.717, 1.165) is 37.4 Å². The lowest BCUT2D eigenvalue weighted by Crippen LogP contribution is -2.18. The molecule has 2 nitrogen and oxygen atoms in total. The predicted octanol–water partition coefficient (Wildman–Crippen LogP) is 2.63. The Morgan fingerprint density at radius 2 is 1.94 bits per heavy atom. The van der Waals surface area contributed by atoms with Crippen molar-refractivity contribution in [3.05, 3.63) is 35.9 Å². The Balaban J connectivity index is 1.77. The van der Waals surface area contributed by atoms with E-state index in [-0.39, 0.29) is 6.10 Å². The first-order valence-electron chi connectivity index (χ1n) is 5.78. The minimum absolute atomic E-state index is 0.339. The molecule has 1 aliphatic rings. The Morgan fingerprint density at radius 3 is 2.62 bits per heavy atom. The van der Waals surface area contributed by atoms with E-state index in [2.05, 4.69) is 0 Å². The average Bonchev–Trinajstić information content (AvgIpc) is 2.38. The van der Waals surface area contributed by atoms with E-state index >= 15 is 0 Å². The van der Waals surface area contributed by atoms with Crippen LogP contribution < -0.4 is 0 Å².